The molecule has 0 unspecified atom stereocenters. The van der Waals surface area contributed by atoms with Crippen molar-refractivity contribution in [2.75, 3.05) is 23.5 Å². The molecule has 0 atom stereocenters. The average molecular weight is 679 g/mol. The molecular formula is C23H24BrN3O6S5. The summed E-state index contributed by atoms with van der Waals surface area (Å²) in [6.07, 6.45) is 5.82. The third-order valence-electron chi connectivity index (χ3n) is 5.43. The zero-order chi connectivity index (χ0) is 27.7. The zero-order valence-corrected chi connectivity index (χ0v) is 26.0. The van der Waals surface area contributed by atoms with Crippen LogP contribution in [0, 0.1) is 0 Å². The van der Waals surface area contributed by atoms with Crippen LogP contribution in [0.4, 0.5) is 5.69 Å². The minimum Gasteiger partial charge on any atom is -0.748 e. The molecular weight excluding hydrogens is 655 g/mol. The van der Waals surface area contributed by atoms with Crippen molar-refractivity contribution in [3.05, 3.63) is 55.8 Å². The molecule has 3 aromatic rings. The second kappa shape index (κ2) is 11.8. The number of thioether (sulfide) groups is 1. The normalized spacial score (nSPS) is 15.4. The van der Waals surface area contributed by atoms with E-state index >= 15 is 0 Å². The molecule has 0 spiro atoms. The van der Waals surface area contributed by atoms with E-state index in [4.69, 9.17) is 0 Å². The number of amides is 1. The second-order valence-corrected chi connectivity index (χ2v) is 15.7. The van der Waals surface area contributed by atoms with Crippen LogP contribution in [0.2, 0.25) is 0 Å². The van der Waals surface area contributed by atoms with Crippen molar-refractivity contribution in [2.45, 2.75) is 31.2 Å². The number of anilines is 1. The van der Waals surface area contributed by atoms with E-state index in [0.29, 0.717) is 13.0 Å². The van der Waals surface area contributed by atoms with Crippen LogP contribution >= 0.6 is 50.4 Å². The van der Waals surface area contributed by atoms with Crippen molar-refractivity contribution in [3.8, 4) is 0 Å². The van der Waals surface area contributed by atoms with Crippen LogP contribution in [0.1, 0.15) is 24.8 Å². The van der Waals surface area contributed by atoms with Crippen molar-refractivity contribution in [3.63, 3.8) is 0 Å². The van der Waals surface area contributed by atoms with Gasteiger partial charge in [0.15, 0.2) is 0 Å². The van der Waals surface area contributed by atoms with Gasteiger partial charge in [0.2, 0.25) is 16.6 Å². The van der Waals surface area contributed by atoms with Gasteiger partial charge in [-0.2, -0.15) is 4.57 Å². The van der Waals surface area contributed by atoms with E-state index in [2.05, 4.69) is 15.9 Å². The number of thiazole rings is 1. The Hall–Kier alpha value is -1.75. The third kappa shape index (κ3) is 7.46. The van der Waals surface area contributed by atoms with Gasteiger partial charge in [0.1, 0.15) is 4.70 Å². The fourth-order valence-corrected chi connectivity index (χ4v) is 8.56. The van der Waals surface area contributed by atoms with Crippen molar-refractivity contribution < 1.29 is 30.7 Å². The number of hydrogen-bond donors (Lipinski definition) is 1. The summed E-state index contributed by atoms with van der Waals surface area (Å²) in [5, 5.41) is 3.62. The molecule has 0 saturated heterocycles. The van der Waals surface area contributed by atoms with Gasteiger partial charge in [0.05, 0.1) is 27.1 Å². The Morgan fingerprint density at radius 3 is 2.68 bits per heavy atom. The number of nitrogens with zero attached hydrogens (tertiary/aromatic N) is 2. The smallest absolute Gasteiger partial charge is 0.299 e. The Morgan fingerprint density at radius 2 is 2.00 bits per heavy atom. The largest absolute Gasteiger partial charge is 0.748 e. The molecule has 1 aliphatic heterocycles. The molecule has 2 aromatic heterocycles. The summed E-state index contributed by atoms with van der Waals surface area (Å²) < 4.78 is 62.3. The summed E-state index contributed by atoms with van der Waals surface area (Å²) >= 11 is 8.04. The number of benzene rings is 1. The van der Waals surface area contributed by atoms with Crippen LogP contribution in [0.15, 0.2) is 55.7 Å². The fraction of sp³-hybridized carbons (Fsp3) is 0.304. The van der Waals surface area contributed by atoms with Gasteiger partial charge in [-0.25, -0.2) is 21.6 Å². The Kier molecular flexibility index (Phi) is 9.06. The lowest BCUT2D eigenvalue weighted by Gasteiger charge is -2.21. The van der Waals surface area contributed by atoms with Gasteiger partial charge in [-0.05, 0) is 54.1 Å². The molecule has 0 fully saturated rings. The molecule has 38 heavy (non-hydrogen) atoms. The second-order valence-electron chi connectivity index (χ2n) is 8.45. The highest BCUT2D eigenvalue weighted by Gasteiger charge is 2.27. The highest BCUT2D eigenvalue weighted by molar-refractivity contribution is 9.10. The summed E-state index contributed by atoms with van der Waals surface area (Å²) in [6.45, 7) is 2.23. The lowest BCUT2D eigenvalue weighted by atomic mass is 10.2. The predicted molar refractivity (Wildman–Crippen MR) is 156 cm³/mol. The number of allylic oxidation sites excluding steroid dienone is 2. The van der Waals surface area contributed by atoms with Crippen LogP contribution in [0.3, 0.4) is 0 Å². The first-order valence-electron chi connectivity index (χ1n) is 11.3. The number of carbonyl (C=O) groups is 1. The number of sulfonamides is 1. The molecule has 0 bridgehead atoms. The molecule has 1 aliphatic rings. The number of carbonyl (C=O) groups excluding carboxylic acids is 1. The number of thiophene rings is 1. The minimum atomic E-state index is -4.32. The SMILES string of the molecule is CCC(=Cc1sc2ccsc2[n+]1CC(=O)NS(C)(=O)=O)C=C1Sc2ccc(Br)cc2N1CCCS(=O)(=O)[O-]. The first kappa shape index (κ1) is 29.2. The van der Waals surface area contributed by atoms with Gasteiger partial charge in [-0.15, -0.1) is 0 Å². The van der Waals surface area contributed by atoms with E-state index in [1.54, 1.807) is 11.8 Å². The van der Waals surface area contributed by atoms with Gasteiger partial charge in [-0.3, -0.25) is 4.79 Å². The van der Waals surface area contributed by atoms with Gasteiger partial charge in [0.25, 0.3) is 15.7 Å². The first-order chi connectivity index (χ1) is 17.8. The fourth-order valence-electron chi connectivity index (χ4n) is 3.85. The lowest BCUT2D eigenvalue weighted by Crippen LogP contribution is -2.45. The first-order valence-corrected chi connectivity index (χ1v) is 18.1. The Bertz CT molecular complexity index is 1660. The molecule has 3 heterocycles. The maximum absolute atomic E-state index is 12.4. The van der Waals surface area contributed by atoms with E-state index in [9.17, 15) is 26.2 Å². The van der Waals surface area contributed by atoms with Crippen LogP contribution in [-0.2, 0) is 31.5 Å². The molecule has 0 saturated carbocycles. The van der Waals surface area contributed by atoms with Gasteiger partial charge >= 0.3 is 0 Å². The average Bonchev–Trinajstić information content (AvgIpc) is 3.46. The predicted octanol–water partition coefficient (Wildman–Crippen LogP) is 4.27. The minimum absolute atomic E-state index is 0.142. The van der Waals surface area contributed by atoms with Gasteiger partial charge in [0, 0.05) is 27.7 Å². The summed E-state index contributed by atoms with van der Waals surface area (Å²) in [5.74, 6) is -1.06. The molecule has 1 aromatic carbocycles. The molecule has 204 valence electrons. The molecule has 9 nitrogen and oxygen atoms in total. The summed E-state index contributed by atoms with van der Waals surface area (Å²) in [6, 6.07) is 7.85. The monoisotopic (exact) mass is 677 g/mol. The van der Waals surface area contributed by atoms with Crippen LogP contribution in [0.5, 0.6) is 0 Å². The molecule has 4 rings (SSSR count). The lowest BCUT2D eigenvalue weighted by molar-refractivity contribution is -0.653. The summed E-state index contributed by atoms with van der Waals surface area (Å²) in [7, 11) is -7.99. The molecule has 0 aliphatic carbocycles. The Labute approximate surface area is 242 Å². The van der Waals surface area contributed by atoms with E-state index in [1.807, 2.05) is 62.9 Å². The number of rotatable bonds is 10. The number of nitrogens with one attached hydrogen (secondary N) is 1. The molecule has 1 N–H and O–H groups in total. The van der Waals surface area contributed by atoms with E-state index < -0.39 is 31.8 Å². The van der Waals surface area contributed by atoms with Crippen LogP contribution in [-0.4, -0.2) is 45.8 Å². The van der Waals surface area contributed by atoms with Crippen molar-refractivity contribution in [2.24, 2.45) is 0 Å². The van der Waals surface area contributed by atoms with E-state index in [-0.39, 0.29) is 13.0 Å². The molecule has 0 radical (unpaired) electrons. The van der Waals surface area contributed by atoms with E-state index in [1.165, 1.54) is 22.7 Å². The van der Waals surface area contributed by atoms with Gasteiger partial charge < -0.3 is 9.45 Å². The van der Waals surface area contributed by atoms with Crippen molar-refractivity contribution in [1.29, 1.82) is 0 Å². The molecule has 15 heteroatoms. The van der Waals surface area contributed by atoms with Crippen molar-refractivity contribution in [1.82, 2.24) is 4.72 Å². The van der Waals surface area contributed by atoms with Gasteiger partial charge in [-0.1, -0.05) is 57.3 Å². The number of aromatic nitrogens is 1. The Balaban J connectivity index is 1.69. The highest BCUT2D eigenvalue weighted by Crippen LogP contribution is 2.47. The number of hydrogen-bond acceptors (Lipinski definition) is 10. The van der Waals surface area contributed by atoms with Crippen molar-refractivity contribution >= 4 is 97.7 Å². The van der Waals surface area contributed by atoms with Crippen LogP contribution < -0.4 is 14.2 Å². The third-order valence-corrected chi connectivity index (χ3v) is 10.6. The zero-order valence-electron chi connectivity index (χ0n) is 20.3. The summed E-state index contributed by atoms with van der Waals surface area (Å²) in [5.41, 5.74) is 1.89. The number of halogens is 1. The van der Waals surface area contributed by atoms with E-state index in [0.717, 1.165) is 46.5 Å². The maximum Gasteiger partial charge on any atom is 0.299 e. The maximum atomic E-state index is 12.4. The quantitative estimate of drug-likeness (QED) is 0.249. The standard InChI is InChI=1S/C23H24BrN3O6S5/c1-3-15(12-22-27(14-20(28)25-37(2,29)30)23-19(36-22)7-9-34-23)11-21-26(8-4-10-38(31,32)33)17-13-16(24)5-6-18(17)35-21/h5-7,9,11-13H,3-4,8,10,14H2,1-2H3,(H-,25,28,31,32,33). The molecule has 1 amide bonds. The topological polar surface area (TPSA) is 128 Å². The highest BCUT2D eigenvalue weighted by atomic mass is 79.9. The van der Waals surface area contributed by atoms with Crippen LogP contribution in [0.25, 0.3) is 15.6 Å². The Morgan fingerprint density at radius 1 is 1.24 bits per heavy atom. The summed E-state index contributed by atoms with van der Waals surface area (Å²) in [4.78, 5) is 16.3. The number of fused-ring (bicyclic) bond motifs is 2.